The summed E-state index contributed by atoms with van der Waals surface area (Å²) in [5.41, 5.74) is 1.39. The number of hydrogen-bond acceptors (Lipinski definition) is 5. The quantitative estimate of drug-likeness (QED) is 0.764. The number of nitrogens with one attached hydrogen (secondary N) is 1. The number of hydrogen-bond donors (Lipinski definition) is 1. The molecule has 0 saturated carbocycles. The lowest BCUT2D eigenvalue weighted by Gasteiger charge is -2.06. The zero-order valence-electron chi connectivity index (χ0n) is 9.82. The second-order valence-electron chi connectivity index (χ2n) is 3.33. The monoisotopic (exact) mass is 234 g/mol. The number of nitriles is 1. The minimum atomic E-state index is -0.320. The maximum Gasteiger partial charge on any atom is 0.319 e. The van der Waals surface area contributed by atoms with Crippen LogP contribution in [0.4, 0.5) is 0 Å². The van der Waals surface area contributed by atoms with Crippen LogP contribution in [0.5, 0.6) is 5.75 Å². The highest BCUT2D eigenvalue weighted by atomic mass is 16.5. The first-order valence-electron chi connectivity index (χ1n) is 5.05. The summed E-state index contributed by atoms with van der Waals surface area (Å²) in [5, 5.41) is 11.8. The van der Waals surface area contributed by atoms with E-state index in [2.05, 4.69) is 16.1 Å². The van der Waals surface area contributed by atoms with E-state index < -0.39 is 0 Å². The fourth-order valence-corrected chi connectivity index (χ4v) is 1.33. The highest BCUT2D eigenvalue weighted by Gasteiger charge is 2.04. The molecule has 5 heteroatoms. The Kier molecular flexibility index (Phi) is 4.98. The molecule has 17 heavy (non-hydrogen) atoms. The van der Waals surface area contributed by atoms with Crippen molar-refractivity contribution in [1.29, 1.82) is 5.26 Å². The summed E-state index contributed by atoms with van der Waals surface area (Å²) in [6.07, 6.45) is 0. The Morgan fingerprint density at radius 2 is 2.24 bits per heavy atom. The molecule has 0 atom stereocenters. The van der Waals surface area contributed by atoms with Crippen molar-refractivity contribution in [3.8, 4) is 11.8 Å². The smallest absolute Gasteiger partial charge is 0.319 e. The molecule has 0 fully saturated rings. The lowest BCUT2D eigenvalue weighted by atomic mass is 10.1. The van der Waals surface area contributed by atoms with Gasteiger partial charge in [-0.15, -0.1) is 0 Å². The van der Waals surface area contributed by atoms with Crippen LogP contribution in [0.3, 0.4) is 0 Å². The van der Waals surface area contributed by atoms with Gasteiger partial charge in [0.1, 0.15) is 11.8 Å². The second kappa shape index (κ2) is 6.51. The van der Waals surface area contributed by atoms with Crippen molar-refractivity contribution in [2.24, 2.45) is 0 Å². The highest BCUT2D eigenvalue weighted by Crippen LogP contribution is 2.18. The molecule has 1 rings (SSSR count). The number of rotatable bonds is 5. The number of carbonyl (C=O) groups is 1. The van der Waals surface area contributed by atoms with Crippen molar-refractivity contribution in [3.63, 3.8) is 0 Å². The molecule has 1 aromatic carbocycles. The average molecular weight is 234 g/mol. The Balaban J connectivity index is 2.61. The average Bonchev–Trinajstić information content (AvgIpc) is 2.38. The molecule has 0 heterocycles. The largest absolute Gasteiger partial charge is 0.495 e. The van der Waals surface area contributed by atoms with E-state index in [1.165, 1.54) is 14.2 Å². The number of methoxy groups -OCH3 is 2. The zero-order chi connectivity index (χ0) is 12.7. The van der Waals surface area contributed by atoms with Crippen molar-refractivity contribution in [1.82, 2.24) is 5.32 Å². The molecular weight excluding hydrogens is 220 g/mol. The third kappa shape index (κ3) is 3.78. The van der Waals surface area contributed by atoms with Gasteiger partial charge in [0, 0.05) is 6.54 Å². The van der Waals surface area contributed by atoms with E-state index in [4.69, 9.17) is 10.00 Å². The lowest BCUT2D eigenvalue weighted by molar-refractivity contribution is -0.139. The van der Waals surface area contributed by atoms with Gasteiger partial charge in [0.2, 0.25) is 0 Å². The molecule has 0 aliphatic rings. The Morgan fingerprint density at radius 1 is 1.47 bits per heavy atom. The van der Waals surface area contributed by atoms with E-state index in [9.17, 15) is 4.79 Å². The van der Waals surface area contributed by atoms with Crippen LogP contribution in [-0.2, 0) is 16.1 Å². The summed E-state index contributed by atoms with van der Waals surface area (Å²) in [5.74, 6) is 0.225. The molecule has 0 unspecified atom stereocenters. The summed E-state index contributed by atoms with van der Waals surface area (Å²) >= 11 is 0. The van der Waals surface area contributed by atoms with Crippen molar-refractivity contribution < 1.29 is 14.3 Å². The van der Waals surface area contributed by atoms with Crippen LogP contribution in [0.1, 0.15) is 11.1 Å². The van der Waals surface area contributed by atoms with Crippen molar-refractivity contribution in [2.45, 2.75) is 6.54 Å². The van der Waals surface area contributed by atoms with Gasteiger partial charge in [0.25, 0.3) is 0 Å². The summed E-state index contributed by atoms with van der Waals surface area (Å²) in [7, 11) is 2.86. The Morgan fingerprint density at radius 3 is 2.82 bits per heavy atom. The van der Waals surface area contributed by atoms with Crippen LogP contribution in [0.25, 0.3) is 0 Å². The minimum Gasteiger partial charge on any atom is -0.495 e. The summed E-state index contributed by atoms with van der Waals surface area (Å²) in [6, 6.07) is 7.35. The van der Waals surface area contributed by atoms with Crippen LogP contribution in [-0.4, -0.2) is 26.7 Å². The molecule has 0 aliphatic carbocycles. The molecule has 5 nitrogen and oxygen atoms in total. The molecule has 90 valence electrons. The van der Waals surface area contributed by atoms with Crippen molar-refractivity contribution in [3.05, 3.63) is 29.3 Å². The van der Waals surface area contributed by atoms with Gasteiger partial charge >= 0.3 is 5.97 Å². The van der Waals surface area contributed by atoms with Crippen LogP contribution in [0.2, 0.25) is 0 Å². The lowest BCUT2D eigenvalue weighted by Crippen LogP contribution is -2.23. The van der Waals surface area contributed by atoms with Crippen LogP contribution >= 0.6 is 0 Å². The van der Waals surface area contributed by atoms with Crippen LogP contribution in [0.15, 0.2) is 18.2 Å². The molecule has 0 bridgehead atoms. The summed E-state index contributed by atoms with van der Waals surface area (Å²) in [6.45, 7) is 0.637. The SMILES string of the molecule is COC(=O)CNCc1ccc(OC)c(C#N)c1. The highest BCUT2D eigenvalue weighted by molar-refractivity contribution is 5.71. The molecule has 0 radical (unpaired) electrons. The summed E-state index contributed by atoms with van der Waals surface area (Å²) < 4.78 is 9.53. The molecule has 1 aromatic rings. The van der Waals surface area contributed by atoms with E-state index in [1.54, 1.807) is 12.1 Å². The van der Waals surface area contributed by atoms with Gasteiger partial charge in [-0.1, -0.05) is 6.07 Å². The normalized spacial score (nSPS) is 9.47. The van der Waals surface area contributed by atoms with Gasteiger partial charge in [-0.2, -0.15) is 5.26 Å². The van der Waals surface area contributed by atoms with Gasteiger partial charge in [0.05, 0.1) is 26.3 Å². The second-order valence-corrected chi connectivity index (χ2v) is 3.33. The Bertz CT molecular complexity index is 438. The fourth-order valence-electron chi connectivity index (χ4n) is 1.33. The van der Waals surface area contributed by atoms with Crippen LogP contribution in [0, 0.1) is 11.3 Å². The summed E-state index contributed by atoms with van der Waals surface area (Å²) in [4.78, 5) is 10.9. The van der Waals surface area contributed by atoms with Gasteiger partial charge in [-0.25, -0.2) is 0 Å². The number of esters is 1. The number of carbonyl (C=O) groups excluding carboxylic acids is 1. The topological polar surface area (TPSA) is 71.3 Å². The molecular formula is C12H14N2O3. The molecule has 0 spiro atoms. The fraction of sp³-hybridized carbons (Fsp3) is 0.333. The van der Waals surface area contributed by atoms with E-state index in [0.717, 1.165) is 5.56 Å². The third-order valence-corrected chi connectivity index (χ3v) is 2.21. The van der Waals surface area contributed by atoms with Gasteiger partial charge < -0.3 is 14.8 Å². The predicted octanol–water partition coefficient (Wildman–Crippen LogP) is 0.829. The molecule has 0 aromatic heterocycles. The number of benzene rings is 1. The maximum absolute atomic E-state index is 10.9. The first-order valence-corrected chi connectivity index (χ1v) is 5.05. The minimum absolute atomic E-state index is 0.143. The molecule has 0 saturated heterocycles. The molecule has 0 amide bonds. The predicted molar refractivity (Wildman–Crippen MR) is 61.4 cm³/mol. The van der Waals surface area contributed by atoms with E-state index >= 15 is 0 Å². The third-order valence-electron chi connectivity index (χ3n) is 2.21. The zero-order valence-corrected chi connectivity index (χ0v) is 9.82. The number of nitrogens with zero attached hydrogens (tertiary/aromatic N) is 1. The first kappa shape index (κ1) is 13.0. The van der Waals surface area contributed by atoms with E-state index in [0.29, 0.717) is 17.9 Å². The van der Waals surface area contributed by atoms with Crippen LogP contribution < -0.4 is 10.1 Å². The number of ether oxygens (including phenoxy) is 2. The van der Waals surface area contributed by atoms with Crippen molar-refractivity contribution in [2.75, 3.05) is 20.8 Å². The maximum atomic E-state index is 10.9. The Hall–Kier alpha value is -2.06. The van der Waals surface area contributed by atoms with Gasteiger partial charge in [-0.05, 0) is 17.7 Å². The first-order chi connectivity index (χ1) is 8.21. The molecule has 0 aliphatic heterocycles. The van der Waals surface area contributed by atoms with Gasteiger partial charge in [0.15, 0.2) is 0 Å². The van der Waals surface area contributed by atoms with E-state index in [-0.39, 0.29) is 12.5 Å². The van der Waals surface area contributed by atoms with E-state index in [1.807, 2.05) is 6.07 Å². The standard InChI is InChI=1S/C12H14N2O3/c1-16-11-4-3-9(5-10(11)6-13)7-14-8-12(15)17-2/h3-5,14H,7-8H2,1-2H3. The molecule has 1 N–H and O–H groups in total. The Labute approximate surface area is 100.0 Å². The van der Waals surface area contributed by atoms with Crippen molar-refractivity contribution >= 4 is 5.97 Å². The van der Waals surface area contributed by atoms with Gasteiger partial charge in [-0.3, -0.25) is 4.79 Å².